The summed E-state index contributed by atoms with van der Waals surface area (Å²) in [6.45, 7) is 7.44. The number of nitrogens with one attached hydrogen (secondary N) is 1. The number of hydrogen-bond acceptors (Lipinski definition) is 7. The molecule has 0 aliphatic carbocycles. The summed E-state index contributed by atoms with van der Waals surface area (Å²) < 4.78 is 50.5. The van der Waals surface area contributed by atoms with Gasteiger partial charge < -0.3 is 24.3 Å². The number of carbonyl (C=O) groups excluding carboxylic acids is 1. The van der Waals surface area contributed by atoms with Crippen LogP contribution in [0.3, 0.4) is 0 Å². The van der Waals surface area contributed by atoms with Crippen LogP contribution in [0.5, 0.6) is 17.2 Å². The number of rotatable bonds is 8. The van der Waals surface area contributed by atoms with Crippen LogP contribution in [-0.4, -0.2) is 52.0 Å². The van der Waals surface area contributed by atoms with Gasteiger partial charge in [-0.3, -0.25) is 0 Å². The second kappa shape index (κ2) is 10.1. The number of benzene rings is 2. The fourth-order valence-corrected chi connectivity index (χ4v) is 5.11. The summed E-state index contributed by atoms with van der Waals surface area (Å²) in [6.07, 6.45) is 1.29. The molecule has 1 aromatic heterocycles. The van der Waals surface area contributed by atoms with Gasteiger partial charge in [0.1, 0.15) is 16.9 Å². The van der Waals surface area contributed by atoms with Gasteiger partial charge in [0.05, 0.1) is 31.6 Å². The molecule has 3 rings (SSSR count). The second-order valence-corrected chi connectivity index (χ2v) is 10.8. The Kier molecular flexibility index (Phi) is 7.54. The predicted octanol–water partition coefficient (Wildman–Crippen LogP) is 4.28. The van der Waals surface area contributed by atoms with E-state index in [9.17, 15) is 13.2 Å². The molecule has 0 aliphatic heterocycles. The topological polar surface area (TPSA) is 105 Å². The fourth-order valence-electron chi connectivity index (χ4n) is 3.72. The first-order valence-corrected chi connectivity index (χ1v) is 12.5. The van der Waals surface area contributed by atoms with Gasteiger partial charge in [-0.25, -0.2) is 17.2 Å². The van der Waals surface area contributed by atoms with Gasteiger partial charge in [0.25, 0.3) is 10.0 Å². The lowest BCUT2D eigenvalue weighted by molar-refractivity contribution is 0.0528. The van der Waals surface area contributed by atoms with E-state index in [4.69, 9.17) is 18.9 Å². The number of amides is 1. The quantitative estimate of drug-likeness (QED) is 0.488. The minimum Gasteiger partial charge on any atom is -0.496 e. The number of alkyl carbamates (subject to hydrolysis) is 1. The molecule has 9 nitrogen and oxygen atoms in total. The number of aromatic nitrogens is 1. The lowest BCUT2D eigenvalue weighted by Gasteiger charge is -2.19. The lowest BCUT2D eigenvalue weighted by Crippen LogP contribution is -2.33. The maximum Gasteiger partial charge on any atom is 0.407 e. The molecule has 0 atom stereocenters. The van der Waals surface area contributed by atoms with Crippen molar-refractivity contribution in [1.82, 2.24) is 9.29 Å². The molecule has 0 saturated heterocycles. The molecule has 2 aromatic carbocycles. The van der Waals surface area contributed by atoms with Gasteiger partial charge in [-0.1, -0.05) is 17.7 Å². The van der Waals surface area contributed by atoms with Crippen molar-refractivity contribution in [2.45, 2.75) is 44.6 Å². The van der Waals surface area contributed by atoms with Crippen molar-refractivity contribution in [2.75, 3.05) is 27.9 Å². The summed E-state index contributed by atoms with van der Waals surface area (Å²) in [4.78, 5) is 12.2. The third-order valence-electron chi connectivity index (χ3n) is 5.28. The van der Waals surface area contributed by atoms with Gasteiger partial charge in [-0.15, -0.1) is 0 Å². The van der Waals surface area contributed by atoms with E-state index in [2.05, 4.69) is 5.32 Å². The summed E-state index contributed by atoms with van der Waals surface area (Å²) in [7, 11) is 0.416. The summed E-state index contributed by atoms with van der Waals surface area (Å²) in [5.41, 5.74) is 1.24. The van der Waals surface area contributed by atoms with E-state index in [1.54, 1.807) is 51.1 Å². The Labute approximate surface area is 206 Å². The molecule has 190 valence electrons. The molecule has 1 amide bonds. The maximum atomic E-state index is 13.7. The molecular weight excluding hydrogens is 472 g/mol. The fraction of sp³-hybridized carbons (Fsp3) is 0.400. The second-order valence-electron chi connectivity index (χ2n) is 8.98. The van der Waals surface area contributed by atoms with Crippen LogP contribution in [0.4, 0.5) is 4.79 Å². The highest BCUT2D eigenvalue weighted by Crippen LogP contribution is 2.45. The molecule has 0 bridgehead atoms. The Hall–Kier alpha value is -3.40. The van der Waals surface area contributed by atoms with Gasteiger partial charge >= 0.3 is 6.09 Å². The highest BCUT2D eigenvalue weighted by molar-refractivity contribution is 7.90. The van der Waals surface area contributed by atoms with E-state index in [0.717, 1.165) is 5.56 Å². The van der Waals surface area contributed by atoms with E-state index in [0.29, 0.717) is 28.9 Å². The zero-order chi connectivity index (χ0) is 26.0. The first-order valence-electron chi connectivity index (χ1n) is 11.0. The minimum absolute atomic E-state index is 0.127. The Morgan fingerprint density at radius 3 is 2.17 bits per heavy atom. The molecule has 0 aliphatic rings. The molecule has 0 radical (unpaired) electrons. The molecular formula is C25H32N2O7S. The number of methoxy groups -OCH3 is 3. The Morgan fingerprint density at radius 2 is 1.63 bits per heavy atom. The van der Waals surface area contributed by atoms with E-state index in [1.165, 1.54) is 31.5 Å². The number of ether oxygens (including phenoxy) is 4. The lowest BCUT2D eigenvalue weighted by atomic mass is 10.1. The summed E-state index contributed by atoms with van der Waals surface area (Å²) in [6, 6.07) is 8.24. The van der Waals surface area contributed by atoms with Crippen molar-refractivity contribution < 1.29 is 32.2 Å². The highest BCUT2D eigenvalue weighted by atomic mass is 32.2. The average Bonchev–Trinajstić information content (AvgIpc) is 3.17. The van der Waals surface area contributed by atoms with Crippen LogP contribution < -0.4 is 19.5 Å². The van der Waals surface area contributed by atoms with E-state index in [1.807, 2.05) is 6.92 Å². The predicted molar refractivity (Wildman–Crippen MR) is 133 cm³/mol. The number of hydrogen-bond donors (Lipinski definition) is 1. The number of carbonyl (C=O) groups is 1. The number of aryl methyl sites for hydroxylation is 1. The first kappa shape index (κ1) is 26.2. The van der Waals surface area contributed by atoms with Gasteiger partial charge in [0, 0.05) is 18.8 Å². The minimum atomic E-state index is -4.00. The van der Waals surface area contributed by atoms with Crippen molar-refractivity contribution in [3.63, 3.8) is 0 Å². The smallest absolute Gasteiger partial charge is 0.407 e. The molecule has 10 heteroatoms. The third kappa shape index (κ3) is 5.48. The van der Waals surface area contributed by atoms with Gasteiger partial charge in [0.15, 0.2) is 11.5 Å². The van der Waals surface area contributed by atoms with Crippen LogP contribution in [0.2, 0.25) is 0 Å². The van der Waals surface area contributed by atoms with Crippen LogP contribution in [0.1, 0.15) is 31.9 Å². The highest BCUT2D eigenvalue weighted by Gasteiger charge is 2.28. The molecule has 0 unspecified atom stereocenters. The molecule has 35 heavy (non-hydrogen) atoms. The van der Waals surface area contributed by atoms with Crippen molar-refractivity contribution >= 4 is 27.0 Å². The largest absolute Gasteiger partial charge is 0.496 e. The SMILES string of the molecule is COc1cc(OC)c2c(CCNC(=O)OC(C)(C)C)cn(S(=O)(=O)c3ccc(C)cc3)c2c1OC. The van der Waals surface area contributed by atoms with Crippen LogP contribution in [0.25, 0.3) is 10.9 Å². The zero-order valence-electron chi connectivity index (χ0n) is 21.1. The Morgan fingerprint density at radius 1 is 1.00 bits per heavy atom. The van der Waals surface area contributed by atoms with Crippen molar-refractivity contribution in [1.29, 1.82) is 0 Å². The van der Waals surface area contributed by atoms with Crippen molar-refractivity contribution in [3.8, 4) is 17.2 Å². The number of nitrogens with zero attached hydrogens (tertiary/aromatic N) is 1. The summed E-state index contributed by atoms with van der Waals surface area (Å²) in [5, 5.41) is 3.26. The maximum absolute atomic E-state index is 13.7. The molecule has 0 fully saturated rings. The summed E-state index contributed by atoms with van der Waals surface area (Å²) >= 11 is 0. The van der Waals surface area contributed by atoms with E-state index in [-0.39, 0.29) is 22.7 Å². The Balaban J connectivity index is 2.16. The van der Waals surface area contributed by atoms with E-state index >= 15 is 0 Å². The van der Waals surface area contributed by atoms with Crippen molar-refractivity contribution in [2.24, 2.45) is 0 Å². The first-order chi connectivity index (χ1) is 16.4. The third-order valence-corrected chi connectivity index (χ3v) is 6.96. The van der Waals surface area contributed by atoms with Crippen LogP contribution in [-0.2, 0) is 21.2 Å². The zero-order valence-corrected chi connectivity index (χ0v) is 21.9. The molecule has 3 aromatic rings. The molecule has 0 spiro atoms. The van der Waals surface area contributed by atoms with Gasteiger partial charge in [-0.05, 0) is 51.8 Å². The normalized spacial score (nSPS) is 11.9. The average molecular weight is 505 g/mol. The Bertz CT molecular complexity index is 1320. The molecule has 1 N–H and O–H groups in total. The van der Waals surface area contributed by atoms with Gasteiger partial charge in [0.2, 0.25) is 0 Å². The summed E-state index contributed by atoms with van der Waals surface area (Å²) in [5.74, 6) is 1.00. The van der Waals surface area contributed by atoms with Crippen molar-refractivity contribution in [3.05, 3.63) is 47.7 Å². The van der Waals surface area contributed by atoms with Crippen LogP contribution in [0.15, 0.2) is 41.4 Å². The van der Waals surface area contributed by atoms with Crippen LogP contribution in [0, 0.1) is 6.92 Å². The van der Waals surface area contributed by atoms with Gasteiger partial charge in [-0.2, -0.15) is 0 Å². The number of fused-ring (bicyclic) bond motifs is 1. The monoisotopic (exact) mass is 504 g/mol. The standard InChI is InChI=1S/C25H32N2O7S/c1-16-8-10-18(11-9-16)35(29,30)27-15-17(12-13-26-24(28)34-25(2,3)4)21-19(31-5)14-20(32-6)23(33-7)22(21)27/h8-11,14-15H,12-13H2,1-7H3,(H,26,28). The van der Waals surface area contributed by atoms with Crippen LogP contribution >= 0.6 is 0 Å². The molecule has 0 saturated carbocycles. The van der Waals surface area contributed by atoms with E-state index < -0.39 is 21.7 Å². The molecule has 1 heterocycles.